The predicted molar refractivity (Wildman–Crippen MR) is 249 cm³/mol. The first-order chi connectivity index (χ1) is 29.1. The van der Waals surface area contributed by atoms with Crippen LogP contribution in [0, 0.1) is 0 Å². The maximum Gasteiger partial charge on any atom is 0.306 e. The fourth-order valence-electron chi connectivity index (χ4n) is 6.37. The van der Waals surface area contributed by atoms with E-state index in [9.17, 15) is 19.5 Å². The number of allylic oxidation sites excluding steroid dienone is 14. The third-order valence-electron chi connectivity index (χ3n) is 10.0. The molecule has 0 heterocycles. The van der Waals surface area contributed by atoms with Crippen molar-refractivity contribution in [3.8, 4) is 0 Å². The Bertz CT molecular complexity index is 1250. The van der Waals surface area contributed by atoms with Crippen LogP contribution in [0.3, 0.4) is 0 Å². The molecule has 8 heteroatoms. The molecule has 0 rings (SSSR count). The Kier molecular flexibility index (Phi) is 39.8. The van der Waals surface area contributed by atoms with Crippen LogP contribution < -0.4 is 5.11 Å². The van der Waals surface area contributed by atoms with Gasteiger partial charge in [0.2, 0.25) is 0 Å². The van der Waals surface area contributed by atoms with Gasteiger partial charge in [0.1, 0.15) is 12.6 Å². The second-order valence-corrected chi connectivity index (χ2v) is 16.6. The number of unbranched alkanes of at least 4 members (excludes halogenated alkanes) is 13. The summed E-state index contributed by atoms with van der Waals surface area (Å²) in [4.78, 5) is 36.9. The molecule has 60 heavy (non-hydrogen) atoms. The molecule has 342 valence electrons. The molecule has 0 amide bonds. The minimum atomic E-state index is -1.14. The average molecular weight is 838 g/mol. The normalized spacial score (nSPS) is 13.7. The van der Waals surface area contributed by atoms with Crippen molar-refractivity contribution in [2.75, 3.05) is 41.0 Å². The number of carbonyl (C=O) groups excluding carboxylic acids is 3. The van der Waals surface area contributed by atoms with Crippen LogP contribution in [0.2, 0.25) is 0 Å². The number of carboxylic acids is 1. The standard InChI is InChI=1S/C52H87NO7/c1-6-8-10-12-14-16-18-20-22-24-25-26-27-29-31-33-35-37-39-41-43-51(55)60-48(46-58-45-44-49(52(56)57)53(3,4)5)47-59-50(54)42-40-38-36-34-32-30-28-23-21-19-17-15-13-11-9-7-2/h8,10,14,16,20,22-23,25-26,28-29,31,35,37,48-49H,6-7,9,11-13,15,17-19,21,24,27,30,32-34,36,38-47H2,1-5H3/b10-8+,16-14+,22-20+,26-25+,28-23+,31-29+,37-35+. The van der Waals surface area contributed by atoms with Crippen molar-refractivity contribution in [2.24, 2.45) is 0 Å². The zero-order valence-corrected chi connectivity index (χ0v) is 38.8. The van der Waals surface area contributed by atoms with Crippen molar-refractivity contribution in [2.45, 2.75) is 187 Å². The smallest absolute Gasteiger partial charge is 0.306 e. The zero-order chi connectivity index (χ0) is 44.2. The van der Waals surface area contributed by atoms with Crippen molar-refractivity contribution in [3.63, 3.8) is 0 Å². The quantitative estimate of drug-likeness (QED) is 0.0261. The first kappa shape index (κ1) is 56.5. The van der Waals surface area contributed by atoms with Gasteiger partial charge in [0, 0.05) is 19.3 Å². The van der Waals surface area contributed by atoms with Gasteiger partial charge in [-0.25, -0.2) is 0 Å². The Morgan fingerprint density at radius 1 is 0.517 bits per heavy atom. The summed E-state index contributed by atoms with van der Waals surface area (Å²) in [5.74, 6) is -1.83. The molecule has 0 saturated carbocycles. The van der Waals surface area contributed by atoms with Crippen LogP contribution in [-0.4, -0.2) is 75.5 Å². The molecule has 0 aliphatic carbocycles. The first-order valence-electron chi connectivity index (χ1n) is 23.6. The van der Waals surface area contributed by atoms with Crippen LogP contribution in [0.15, 0.2) is 85.1 Å². The van der Waals surface area contributed by atoms with E-state index in [0.29, 0.717) is 12.8 Å². The Morgan fingerprint density at radius 2 is 0.950 bits per heavy atom. The fourth-order valence-corrected chi connectivity index (χ4v) is 6.37. The number of hydrogen-bond acceptors (Lipinski definition) is 7. The molecule has 0 N–H and O–H groups in total. The van der Waals surface area contributed by atoms with Gasteiger partial charge in [0.15, 0.2) is 6.10 Å². The van der Waals surface area contributed by atoms with Gasteiger partial charge in [-0.3, -0.25) is 9.59 Å². The number of aliphatic carboxylic acids is 1. The predicted octanol–water partition coefficient (Wildman–Crippen LogP) is 12.0. The van der Waals surface area contributed by atoms with Gasteiger partial charge in [0.25, 0.3) is 0 Å². The number of carboxylic acid groups (broad SMARTS) is 1. The second kappa shape index (κ2) is 42.2. The minimum absolute atomic E-state index is 0.0105. The molecule has 0 spiro atoms. The van der Waals surface area contributed by atoms with Crippen LogP contribution in [0.4, 0.5) is 0 Å². The number of ether oxygens (including phenoxy) is 3. The van der Waals surface area contributed by atoms with Crippen LogP contribution in [0.5, 0.6) is 0 Å². The first-order valence-corrected chi connectivity index (χ1v) is 23.6. The van der Waals surface area contributed by atoms with E-state index in [0.717, 1.165) is 77.0 Å². The van der Waals surface area contributed by atoms with E-state index < -0.39 is 18.1 Å². The highest BCUT2D eigenvalue weighted by atomic mass is 16.6. The molecule has 2 atom stereocenters. The Hall–Kier alpha value is -3.49. The topological polar surface area (TPSA) is 102 Å². The van der Waals surface area contributed by atoms with Gasteiger partial charge in [-0.15, -0.1) is 0 Å². The molecule has 2 unspecified atom stereocenters. The monoisotopic (exact) mass is 838 g/mol. The van der Waals surface area contributed by atoms with Crippen molar-refractivity contribution >= 4 is 17.9 Å². The number of likely N-dealkylation sites (N-methyl/N-ethyl adjacent to an activating group) is 1. The molecular formula is C52H87NO7. The van der Waals surface area contributed by atoms with E-state index in [1.807, 2.05) is 0 Å². The number of esters is 2. The van der Waals surface area contributed by atoms with Crippen molar-refractivity contribution in [3.05, 3.63) is 85.1 Å². The summed E-state index contributed by atoms with van der Waals surface area (Å²) >= 11 is 0. The van der Waals surface area contributed by atoms with Crippen molar-refractivity contribution < 1.29 is 38.2 Å². The molecule has 0 aliphatic heterocycles. The van der Waals surface area contributed by atoms with Crippen LogP contribution in [-0.2, 0) is 28.6 Å². The fraction of sp³-hybridized carbons (Fsp3) is 0.673. The molecule has 0 radical (unpaired) electrons. The maximum atomic E-state index is 12.7. The van der Waals surface area contributed by atoms with Gasteiger partial charge >= 0.3 is 11.9 Å². The lowest BCUT2D eigenvalue weighted by molar-refractivity contribution is -0.889. The van der Waals surface area contributed by atoms with Crippen LogP contribution in [0.25, 0.3) is 0 Å². The third kappa shape index (κ3) is 39.9. The van der Waals surface area contributed by atoms with E-state index in [1.54, 1.807) is 21.1 Å². The summed E-state index contributed by atoms with van der Waals surface area (Å²) in [5, 5.41) is 11.6. The summed E-state index contributed by atoms with van der Waals surface area (Å²) in [7, 11) is 5.38. The van der Waals surface area contributed by atoms with E-state index >= 15 is 0 Å². The highest BCUT2D eigenvalue weighted by molar-refractivity contribution is 5.70. The highest BCUT2D eigenvalue weighted by Gasteiger charge is 2.25. The lowest BCUT2D eigenvalue weighted by Crippen LogP contribution is -2.55. The summed E-state index contributed by atoms with van der Waals surface area (Å²) in [6, 6.07) is -0.742. The zero-order valence-electron chi connectivity index (χ0n) is 38.8. The molecule has 0 aromatic rings. The second-order valence-electron chi connectivity index (χ2n) is 16.6. The highest BCUT2D eigenvalue weighted by Crippen LogP contribution is 2.12. The largest absolute Gasteiger partial charge is 0.544 e. The molecule has 0 fully saturated rings. The van der Waals surface area contributed by atoms with E-state index in [4.69, 9.17) is 14.2 Å². The number of carbonyl (C=O) groups is 3. The Morgan fingerprint density at radius 3 is 1.45 bits per heavy atom. The summed E-state index contributed by atoms with van der Waals surface area (Å²) < 4.78 is 17.1. The molecule has 0 aromatic heterocycles. The number of rotatable bonds is 41. The summed E-state index contributed by atoms with van der Waals surface area (Å²) in [6.07, 6.45) is 54.7. The molecule has 0 aliphatic rings. The summed E-state index contributed by atoms with van der Waals surface area (Å²) in [5.41, 5.74) is 0. The molecule has 0 bridgehead atoms. The molecular weight excluding hydrogens is 751 g/mol. The van der Waals surface area contributed by atoms with E-state index in [2.05, 4.69) is 98.9 Å². The van der Waals surface area contributed by atoms with Gasteiger partial charge in [-0.1, -0.05) is 157 Å². The van der Waals surface area contributed by atoms with E-state index in [1.165, 1.54) is 57.8 Å². The van der Waals surface area contributed by atoms with E-state index in [-0.39, 0.29) is 49.1 Å². The minimum Gasteiger partial charge on any atom is -0.544 e. The molecule has 0 aromatic carbocycles. The van der Waals surface area contributed by atoms with Gasteiger partial charge in [0.05, 0.1) is 40.3 Å². The van der Waals surface area contributed by atoms with Crippen LogP contribution in [0.1, 0.15) is 174 Å². The summed E-state index contributed by atoms with van der Waals surface area (Å²) in [6.45, 7) is 4.47. The van der Waals surface area contributed by atoms with Gasteiger partial charge in [-0.05, 0) is 83.5 Å². The maximum absolute atomic E-state index is 12.7. The lowest BCUT2D eigenvalue weighted by atomic mass is 10.1. The Balaban J connectivity index is 4.45. The lowest BCUT2D eigenvalue weighted by Gasteiger charge is -2.34. The van der Waals surface area contributed by atoms with Crippen molar-refractivity contribution in [1.82, 2.24) is 0 Å². The third-order valence-corrected chi connectivity index (χ3v) is 10.0. The van der Waals surface area contributed by atoms with Crippen LogP contribution >= 0.6 is 0 Å². The molecule has 8 nitrogen and oxygen atoms in total. The van der Waals surface area contributed by atoms with Crippen molar-refractivity contribution in [1.29, 1.82) is 0 Å². The number of quaternary nitrogens is 1. The Labute approximate surface area is 367 Å². The van der Waals surface area contributed by atoms with Gasteiger partial charge in [-0.2, -0.15) is 0 Å². The average Bonchev–Trinajstić information content (AvgIpc) is 3.21. The number of nitrogens with zero attached hydrogens (tertiary/aromatic N) is 1. The SMILES string of the molecule is CC/C=C/C/C=C/C/C=C/C/C=C/C/C=C/C/C=C/CCCC(=O)OC(COCCC(C(=O)[O-])[N+](C)(C)C)COC(=O)CCCCCCC/C=C/CCCCCCCCC. The van der Waals surface area contributed by atoms with Gasteiger partial charge < -0.3 is 28.6 Å². The molecule has 0 saturated heterocycles. The number of hydrogen-bond donors (Lipinski definition) is 0.